The number of nitrogens with zero attached hydrogens (tertiary/aromatic N) is 3. The number of hydrogen-bond acceptors (Lipinski definition) is 5. The predicted octanol–water partition coefficient (Wildman–Crippen LogP) is 3.75. The van der Waals surface area contributed by atoms with Crippen molar-refractivity contribution in [2.75, 3.05) is 5.32 Å². The lowest BCUT2D eigenvalue weighted by atomic mass is 10.1. The molecule has 24 heavy (non-hydrogen) atoms. The fourth-order valence-electron chi connectivity index (χ4n) is 2.11. The number of hydrogen-bond donors (Lipinski definition) is 1. The second-order valence-electron chi connectivity index (χ2n) is 5.09. The SMILES string of the molecule is Cc1csc(NC(=O)c2cc(-c3cc(F)cc(F)c3)nc(C)n2)n1. The molecule has 3 rings (SSSR count). The van der Waals surface area contributed by atoms with E-state index in [2.05, 4.69) is 20.3 Å². The average Bonchev–Trinajstić information content (AvgIpc) is 2.90. The van der Waals surface area contributed by atoms with Gasteiger partial charge in [0.2, 0.25) is 0 Å². The summed E-state index contributed by atoms with van der Waals surface area (Å²) >= 11 is 1.30. The molecule has 0 radical (unpaired) electrons. The molecule has 2 aromatic heterocycles. The van der Waals surface area contributed by atoms with Gasteiger partial charge in [-0.3, -0.25) is 10.1 Å². The van der Waals surface area contributed by atoms with Crippen molar-refractivity contribution in [2.45, 2.75) is 13.8 Å². The van der Waals surface area contributed by atoms with Gasteiger partial charge < -0.3 is 0 Å². The van der Waals surface area contributed by atoms with Gasteiger partial charge in [0.05, 0.1) is 11.4 Å². The lowest BCUT2D eigenvalue weighted by Crippen LogP contribution is -2.15. The number of amides is 1. The van der Waals surface area contributed by atoms with Gasteiger partial charge in [-0.25, -0.2) is 23.7 Å². The highest BCUT2D eigenvalue weighted by Crippen LogP contribution is 2.21. The molecule has 5 nitrogen and oxygen atoms in total. The second kappa shape index (κ2) is 6.40. The van der Waals surface area contributed by atoms with E-state index in [9.17, 15) is 13.6 Å². The van der Waals surface area contributed by atoms with Crippen molar-refractivity contribution in [1.82, 2.24) is 15.0 Å². The zero-order chi connectivity index (χ0) is 17.3. The molecule has 0 aliphatic carbocycles. The first-order valence-corrected chi connectivity index (χ1v) is 7.84. The molecule has 0 saturated heterocycles. The molecule has 0 unspecified atom stereocenters. The second-order valence-corrected chi connectivity index (χ2v) is 5.95. The number of aromatic nitrogens is 3. The van der Waals surface area contributed by atoms with Crippen LogP contribution in [-0.4, -0.2) is 20.9 Å². The highest BCUT2D eigenvalue weighted by Gasteiger charge is 2.14. The fraction of sp³-hybridized carbons (Fsp3) is 0.125. The molecule has 0 aliphatic heterocycles. The third kappa shape index (κ3) is 3.60. The summed E-state index contributed by atoms with van der Waals surface area (Å²) < 4.78 is 26.8. The van der Waals surface area contributed by atoms with Gasteiger partial charge in [0.15, 0.2) is 5.13 Å². The van der Waals surface area contributed by atoms with Crippen molar-refractivity contribution in [2.24, 2.45) is 0 Å². The zero-order valence-corrected chi connectivity index (χ0v) is 13.6. The van der Waals surface area contributed by atoms with Crippen molar-refractivity contribution in [1.29, 1.82) is 0 Å². The van der Waals surface area contributed by atoms with Crippen LogP contribution < -0.4 is 5.32 Å². The molecule has 1 N–H and O–H groups in total. The molecule has 0 saturated carbocycles. The Bertz CT molecular complexity index is 906. The summed E-state index contributed by atoms with van der Waals surface area (Å²) in [6.45, 7) is 3.42. The van der Waals surface area contributed by atoms with E-state index in [0.29, 0.717) is 11.0 Å². The Kier molecular flexibility index (Phi) is 4.30. The van der Waals surface area contributed by atoms with Gasteiger partial charge in [0.1, 0.15) is 23.2 Å². The Morgan fingerprint density at radius 2 is 1.75 bits per heavy atom. The Balaban J connectivity index is 1.95. The lowest BCUT2D eigenvalue weighted by Gasteiger charge is -2.06. The maximum Gasteiger partial charge on any atom is 0.276 e. The highest BCUT2D eigenvalue weighted by atomic mass is 32.1. The number of rotatable bonds is 3. The smallest absolute Gasteiger partial charge is 0.276 e. The van der Waals surface area contributed by atoms with E-state index >= 15 is 0 Å². The van der Waals surface area contributed by atoms with Crippen LogP contribution in [0.1, 0.15) is 22.0 Å². The van der Waals surface area contributed by atoms with Gasteiger partial charge in [-0.05, 0) is 32.0 Å². The van der Waals surface area contributed by atoms with Gasteiger partial charge in [0.25, 0.3) is 5.91 Å². The number of anilines is 1. The highest BCUT2D eigenvalue weighted by molar-refractivity contribution is 7.13. The molecule has 2 heterocycles. The van der Waals surface area contributed by atoms with Crippen LogP contribution >= 0.6 is 11.3 Å². The zero-order valence-electron chi connectivity index (χ0n) is 12.8. The number of thiazole rings is 1. The molecule has 0 aliphatic rings. The van der Waals surface area contributed by atoms with E-state index in [1.165, 1.54) is 17.4 Å². The largest absolute Gasteiger partial charge is 0.296 e. The first kappa shape index (κ1) is 16.1. The van der Waals surface area contributed by atoms with Gasteiger partial charge in [-0.2, -0.15) is 0 Å². The number of nitrogens with one attached hydrogen (secondary N) is 1. The van der Waals surface area contributed by atoms with Crippen LogP contribution in [0.15, 0.2) is 29.6 Å². The topological polar surface area (TPSA) is 67.8 Å². The fourth-order valence-corrected chi connectivity index (χ4v) is 2.79. The first-order valence-electron chi connectivity index (χ1n) is 6.96. The van der Waals surface area contributed by atoms with Crippen LogP contribution in [0.4, 0.5) is 13.9 Å². The van der Waals surface area contributed by atoms with E-state index in [1.807, 2.05) is 12.3 Å². The molecule has 1 aromatic carbocycles. The molecule has 0 spiro atoms. The summed E-state index contributed by atoms with van der Waals surface area (Å²) in [4.78, 5) is 24.7. The van der Waals surface area contributed by atoms with Crippen LogP contribution in [0.2, 0.25) is 0 Å². The van der Waals surface area contributed by atoms with Crippen molar-refractivity contribution < 1.29 is 13.6 Å². The summed E-state index contributed by atoms with van der Waals surface area (Å²) in [6, 6.07) is 4.46. The van der Waals surface area contributed by atoms with Crippen LogP contribution in [0.3, 0.4) is 0 Å². The average molecular weight is 346 g/mol. The monoisotopic (exact) mass is 346 g/mol. The van der Waals surface area contributed by atoms with Crippen LogP contribution in [0.5, 0.6) is 0 Å². The van der Waals surface area contributed by atoms with E-state index < -0.39 is 17.5 Å². The number of carbonyl (C=O) groups excluding carboxylic acids is 1. The van der Waals surface area contributed by atoms with Gasteiger partial charge in [-0.1, -0.05) is 0 Å². The molecule has 0 fully saturated rings. The third-order valence-electron chi connectivity index (χ3n) is 3.07. The molecular weight excluding hydrogens is 334 g/mol. The molecule has 122 valence electrons. The van der Waals surface area contributed by atoms with Crippen LogP contribution in [0, 0.1) is 25.5 Å². The molecule has 8 heteroatoms. The molecule has 0 atom stereocenters. The Hall–Kier alpha value is -2.74. The van der Waals surface area contributed by atoms with Crippen molar-refractivity contribution in [3.63, 3.8) is 0 Å². The van der Waals surface area contributed by atoms with Crippen molar-refractivity contribution in [3.05, 3.63) is 58.5 Å². The third-order valence-corrected chi connectivity index (χ3v) is 3.94. The molecule has 3 aromatic rings. The summed E-state index contributed by atoms with van der Waals surface area (Å²) in [6.07, 6.45) is 0. The minimum Gasteiger partial charge on any atom is -0.296 e. The maximum absolute atomic E-state index is 13.4. The van der Waals surface area contributed by atoms with E-state index in [1.54, 1.807) is 6.92 Å². The molecule has 0 bridgehead atoms. The first-order chi connectivity index (χ1) is 11.4. The summed E-state index contributed by atoms with van der Waals surface area (Å²) in [5.41, 5.74) is 1.39. The van der Waals surface area contributed by atoms with E-state index in [4.69, 9.17) is 0 Å². The van der Waals surface area contributed by atoms with Gasteiger partial charge in [-0.15, -0.1) is 11.3 Å². The minimum absolute atomic E-state index is 0.0926. The summed E-state index contributed by atoms with van der Waals surface area (Å²) in [5, 5.41) is 4.90. The predicted molar refractivity (Wildman–Crippen MR) is 86.9 cm³/mol. The van der Waals surface area contributed by atoms with Gasteiger partial charge in [0, 0.05) is 17.0 Å². The minimum atomic E-state index is -0.717. The van der Waals surface area contributed by atoms with E-state index in [0.717, 1.165) is 23.9 Å². The molecular formula is C16H12F2N4OS. The normalized spacial score (nSPS) is 10.7. The lowest BCUT2D eigenvalue weighted by molar-refractivity contribution is 0.102. The number of halogens is 2. The van der Waals surface area contributed by atoms with Crippen LogP contribution in [0.25, 0.3) is 11.3 Å². The summed E-state index contributed by atoms with van der Waals surface area (Å²) in [5.74, 6) is -1.58. The molecule has 1 amide bonds. The van der Waals surface area contributed by atoms with Crippen molar-refractivity contribution >= 4 is 22.4 Å². The number of benzene rings is 1. The Morgan fingerprint density at radius 1 is 1.04 bits per heavy atom. The Morgan fingerprint density at radius 3 is 2.38 bits per heavy atom. The Labute approximate surface area is 140 Å². The van der Waals surface area contributed by atoms with Crippen molar-refractivity contribution in [3.8, 4) is 11.3 Å². The number of aryl methyl sites for hydroxylation is 2. The summed E-state index contributed by atoms with van der Waals surface area (Å²) in [7, 11) is 0. The van der Waals surface area contributed by atoms with Crippen LogP contribution in [-0.2, 0) is 0 Å². The van der Waals surface area contributed by atoms with E-state index in [-0.39, 0.29) is 17.0 Å². The quantitative estimate of drug-likeness (QED) is 0.784. The van der Waals surface area contributed by atoms with Gasteiger partial charge >= 0.3 is 0 Å². The standard InChI is InChI=1S/C16H12F2N4OS/c1-8-7-24-16(19-8)22-15(23)14-6-13(20-9(2)21-14)10-3-11(17)5-12(18)4-10/h3-7H,1-2H3,(H,19,22,23). The number of carbonyl (C=O) groups is 1. The maximum atomic E-state index is 13.4.